The molecule has 2 aliphatic rings. The molecule has 1 amide bonds. The Balaban J connectivity index is 1.44. The van der Waals surface area contributed by atoms with Crippen molar-refractivity contribution in [2.45, 2.75) is 76.7 Å². The molecule has 0 unspecified atom stereocenters. The zero-order valence-corrected chi connectivity index (χ0v) is 14.1. The van der Waals surface area contributed by atoms with Crippen LogP contribution >= 0.6 is 0 Å². The molecule has 0 bridgehead atoms. The number of amides is 1. The lowest BCUT2D eigenvalue weighted by Gasteiger charge is -2.28. The first kappa shape index (κ1) is 16.4. The Kier molecular flexibility index (Phi) is 6.00. The van der Waals surface area contributed by atoms with E-state index in [1.54, 1.807) is 18.6 Å². The lowest BCUT2D eigenvalue weighted by molar-refractivity contribution is -0.132. The van der Waals surface area contributed by atoms with Crippen LogP contribution in [-0.2, 0) is 11.2 Å². The van der Waals surface area contributed by atoms with E-state index in [1.807, 2.05) is 0 Å². The quantitative estimate of drug-likeness (QED) is 0.803. The number of hydrogen-bond acceptors (Lipinski definition) is 3. The highest BCUT2D eigenvalue weighted by molar-refractivity contribution is 5.77. The van der Waals surface area contributed by atoms with Gasteiger partial charge in [-0.15, -0.1) is 0 Å². The molecule has 0 radical (unpaired) electrons. The lowest BCUT2D eigenvalue weighted by Crippen LogP contribution is -2.36. The Labute approximate surface area is 139 Å². The van der Waals surface area contributed by atoms with Crippen LogP contribution in [0.1, 0.15) is 69.9 Å². The summed E-state index contributed by atoms with van der Waals surface area (Å²) in [6.07, 6.45) is 18.4. The number of rotatable bonds is 6. The average molecular weight is 315 g/mol. The second-order valence-electron chi connectivity index (χ2n) is 7.16. The van der Waals surface area contributed by atoms with Gasteiger partial charge in [-0.25, -0.2) is 0 Å². The molecule has 1 saturated carbocycles. The van der Waals surface area contributed by atoms with Crippen LogP contribution in [0.2, 0.25) is 0 Å². The number of hydrogen-bond donors (Lipinski definition) is 0. The summed E-state index contributed by atoms with van der Waals surface area (Å²) < 4.78 is 0. The van der Waals surface area contributed by atoms with E-state index in [4.69, 9.17) is 0 Å². The standard InChI is InChI=1S/C19H29N3O/c23-19(11-9-17-15-20-12-13-21-17)22-14-4-7-18(22)10-8-16-5-2-1-3-6-16/h12-13,15-16,18H,1-11,14H2/t18-/m0/s1. The van der Waals surface area contributed by atoms with Crippen LogP contribution in [0.3, 0.4) is 0 Å². The number of aryl methyl sites for hydroxylation is 1. The van der Waals surface area contributed by atoms with Gasteiger partial charge in [-0.05, 0) is 38.0 Å². The van der Waals surface area contributed by atoms with Crippen LogP contribution < -0.4 is 0 Å². The molecule has 3 rings (SSSR count). The van der Waals surface area contributed by atoms with Crippen LogP contribution in [0, 0.1) is 5.92 Å². The molecular weight excluding hydrogens is 286 g/mol. The normalized spacial score (nSPS) is 22.4. The van der Waals surface area contributed by atoms with Crippen LogP contribution in [0.5, 0.6) is 0 Å². The van der Waals surface area contributed by atoms with Crippen molar-refractivity contribution < 1.29 is 4.79 Å². The highest BCUT2D eigenvalue weighted by Crippen LogP contribution is 2.30. The van der Waals surface area contributed by atoms with Gasteiger partial charge in [0.1, 0.15) is 0 Å². The van der Waals surface area contributed by atoms with Crippen molar-refractivity contribution >= 4 is 5.91 Å². The van der Waals surface area contributed by atoms with Crippen molar-refractivity contribution in [3.63, 3.8) is 0 Å². The zero-order valence-electron chi connectivity index (χ0n) is 14.1. The van der Waals surface area contributed by atoms with E-state index in [9.17, 15) is 4.79 Å². The summed E-state index contributed by atoms with van der Waals surface area (Å²) in [7, 11) is 0. The minimum Gasteiger partial charge on any atom is -0.340 e. The van der Waals surface area contributed by atoms with Gasteiger partial charge >= 0.3 is 0 Å². The predicted molar refractivity (Wildman–Crippen MR) is 90.9 cm³/mol. The molecule has 1 aromatic rings. The molecule has 2 fully saturated rings. The Hall–Kier alpha value is -1.45. The highest BCUT2D eigenvalue weighted by atomic mass is 16.2. The van der Waals surface area contributed by atoms with Crippen LogP contribution in [0.15, 0.2) is 18.6 Å². The third-order valence-electron chi connectivity index (χ3n) is 5.54. The molecule has 1 atom stereocenters. The lowest BCUT2D eigenvalue weighted by atomic mass is 9.85. The summed E-state index contributed by atoms with van der Waals surface area (Å²) >= 11 is 0. The van der Waals surface area contributed by atoms with E-state index >= 15 is 0 Å². The van der Waals surface area contributed by atoms with E-state index < -0.39 is 0 Å². The number of likely N-dealkylation sites (tertiary alicyclic amines) is 1. The minimum absolute atomic E-state index is 0.307. The Morgan fingerprint density at radius 1 is 1.09 bits per heavy atom. The molecular formula is C19H29N3O. The second kappa shape index (κ2) is 8.42. The summed E-state index contributed by atoms with van der Waals surface area (Å²) in [5.41, 5.74) is 0.916. The number of carbonyl (C=O) groups excluding carboxylic acids is 1. The smallest absolute Gasteiger partial charge is 0.223 e. The zero-order chi connectivity index (χ0) is 15.9. The summed E-state index contributed by atoms with van der Waals surface area (Å²) in [6.45, 7) is 0.953. The fraction of sp³-hybridized carbons (Fsp3) is 0.737. The van der Waals surface area contributed by atoms with Gasteiger partial charge in [0.05, 0.1) is 5.69 Å². The van der Waals surface area contributed by atoms with Crippen molar-refractivity contribution in [1.29, 1.82) is 0 Å². The monoisotopic (exact) mass is 315 g/mol. The topological polar surface area (TPSA) is 46.1 Å². The number of carbonyl (C=O) groups is 1. The van der Waals surface area contributed by atoms with Gasteiger partial charge in [0, 0.05) is 37.6 Å². The predicted octanol–water partition coefficient (Wildman–Crippen LogP) is 3.76. The number of aromatic nitrogens is 2. The van der Waals surface area contributed by atoms with Crippen molar-refractivity contribution in [3.8, 4) is 0 Å². The van der Waals surface area contributed by atoms with Gasteiger partial charge in [0.25, 0.3) is 0 Å². The summed E-state index contributed by atoms with van der Waals surface area (Å²) in [5, 5.41) is 0. The van der Waals surface area contributed by atoms with Crippen LogP contribution in [0.4, 0.5) is 0 Å². The SMILES string of the molecule is O=C(CCc1cnccn1)N1CCC[C@H]1CCC1CCCCC1. The molecule has 0 N–H and O–H groups in total. The minimum atomic E-state index is 0.307. The first-order chi connectivity index (χ1) is 11.3. The van der Waals surface area contributed by atoms with Gasteiger partial charge in [0.2, 0.25) is 5.91 Å². The molecule has 1 aliphatic carbocycles. The van der Waals surface area contributed by atoms with Gasteiger partial charge in [-0.1, -0.05) is 32.1 Å². The van der Waals surface area contributed by atoms with Crippen molar-refractivity contribution in [2.75, 3.05) is 6.54 Å². The van der Waals surface area contributed by atoms with Crippen LogP contribution in [0.25, 0.3) is 0 Å². The number of nitrogens with zero attached hydrogens (tertiary/aromatic N) is 3. The first-order valence-electron chi connectivity index (χ1n) is 9.37. The highest BCUT2D eigenvalue weighted by Gasteiger charge is 2.28. The van der Waals surface area contributed by atoms with E-state index in [2.05, 4.69) is 14.9 Å². The van der Waals surface area contributed by atoms with Gasteiger partial charge in [0.15, 0.2) is 0 Å². The van der Waals surface area contributed by atoms with E-state index in [0.29, 0.717) is 24.8 Å². The molecule has 23 heavy (non-hydrogen) atoms. The first-order valence-corrected chi connectivity index (χ1v) is 9.37. The van der Waals surface area contributed by atoms with Crippen molar-refractivity contribution in [1.82, 2.24) is 14.9 Å². The largest absolute Gasteiger partial charge is 0.340 e. The summed E-state index contributed by atoms with van der Waals surface area (Å²) in [6, 6.07) is 0.492. The third-order valence-corrected chi connectivity index (χ3v) is 5.54. The van der Waals surface area contributed by atoms with Crippen molar-refractivity contribution in [3.05, 3.63) is 24.3 Å². The van der Waals surface area contributed by atoms with Gasteiger partial charge < -0.3 is 4.90 Å². The molecule has 1 saturated heterocycles. The van der Waals surface area contributed by atoms with E-state index in [0.717, 1.165) is 18.2 Å². The molecule has 4 heteroatoms. The maximum absolute atomic E-state index is 12.6. The van der Waals surface area contributed by atoms with Crippen LogP contribution in [-0.4, -0.2) is 33.4 Å². The van der Waals surface area contributed by atoms with E-state index in [-0.39, 0.29) is 0 Å². The second-order valence-corrected chi connectivity index (χ2v) is 7.16. The van der Waals surface area contributed by atoms with Gasteiger partial charge in [-0.2, -0.15) is 0 Å². The summed E-state index contributed by atoms with van der Waals surface area (Å²) in [5.74, 6) is 1.22. The average Bonchev–Trinajstić information content (AvgIpc) is 3.08. The molecule has 4 nitrogen and oxygen atoms in total. The Morgan fingerprint density at radius 3 is 2.74 bits per heavy atom. The molecule has 126 valence electrons. The molecule has 0 spiro atoms. The van der Waals surface area contributed by atoms with Gasteiger partial charge in [-0.3, -0.25) is 14.8 Å². The Bertz CT molecular complexity index is 485. The molecule has 2 heterocycles. The van der Waals surface area contributed by atoms with Crippen molar-refractivity contribution in [2.24, 2.45) is 5.92 Å². The molecule has 0 aromatic carbocycles. The van der Waals surface area contributed by atoms with E-state index in [1.165, 1.54) is 57.8 Å². The molecule has 1 aliphatic heterocycles. The third kappa shape index (κ3) is 4.76. The maximum atomic E-state index is 12.6. The fourth-order valence-corrected chi connectivity index (χ4v) is 4.21. The fourth-order valence-electron chi connectivity index (χ4n) is 4.21. The Morgan fingerprint density at radius 2 is 1.96 bits per heavy atom. The summed E-state index contributed by atoms with van der Waals surface area (Å²) in [4.78, 5) is 23.0. The molecule has 1 aromatic heterocycles. The maximum Gasteiger partial charge on any atom is 0.223 e.